The van der Waals surface area contributed by atoms with Gasteiger partial charge in [-0.05, 0) is 12.8 Å². The van der Waals surface area contributed by atoms with Gasteiger partial charge in [-0.25, -0.2) is 4.98 Å². The van der Waals surface area contributed by atoms with Gasteiger partial charge in [-0.3, -0.25) is 0 Å². The van der Waals surface area contributed by atoms with Crippen LogP contribution >= 0.6 is 11.6 Å². The van der Waals surface area contributed by atoms with Crippen LogP contribution in [0.1, 0.15) is 25.5 Å². The molecule has 0 fully saturated rings. The van der Waals surface area contributed by atoms with Crippen molar-refractivity contribution in [3.63, 3.8) is 0 Å². The molecule has 80 valence electrons. The number of ether oxygens (including phenoxy) is 1. The van der Waals surface area contributed by atoms with Crippen LogP contribution in [0.5, 0.6) is 0 Å². The van der Waals surface area contributed by atoms with Crippen molar-refractivity contribution < 1.29 is 4.74 Å². The highest BCUT2D eigenvalue weighted by molar-refractivity contribution is 6.16. The van der Waals surface area contributed by atoms with E-state index in [1.165, 1.54) is 0 Å². The number of imidazole rings is 1. The highest BCUT2D eigenvalue weighted by Gasteiger charge is 1.99. The number of rotatable bonds is 7. The number of aryl methyl sites for hydroxylation is 1. The van der Waals surface area contributed by atoms with Gasteiger partial charge in [0.2, 0.25) is 0 Å². The fourth-order valence-electron chi connectivity index (χ4n) is 1.24. The molecule has 0 unspecified atom stereocenters. The zero-order valence-corrected chi connectivity index (χ0v) is 9.33. The molecular weight excluding hydrogens is 200 g/mol. The summed E-state index contributed by atoms with van der Waals surface area (Å²) in [6, 6.07) is 0. The second kappa shape index (κ2) is 6.85. The van der Waals surface area contributed by atoms with Crippen LogP contribution in [0.15, 0.2) is 12.5 Å². The fraction of sp³-hybridized carbons (Fsp3) is 0.700. The standard InChI is InChI=1S/C10H17ClN2O/c1-2-5-14-6-3-4-13-9-12-8-10(13)7-11/h8-9H,2-7H2,1H3. The minimum Gasteiger partial charge on any atom is -0.381 e. The smallest absolute Gasteiger partial charge is 0.0948 e. The van der Waals surface area contributed by atoms with Crippen LogP contribution < -0.4 is 0 Å². The molecule has 0 amide bonds. The number of halogens is 1. The summed E-state index contributed by atoms with van der Waals surface area (Å²) in [7, 11) is 0. The third-order valence-corrected chi connectivity index (χ3v) is 2.25. The third-order valence-electron chi connectivity index (χ3n) is 1.97. The van der Waals surface area contributed by atoms with Gasteiger partial charge in [0.1, 0.15) is 0 Å². The van der Waals surface area contributed by atoms with Crippen molar-refractivity contribution in [1.82, 2.24) is 9.55 Å². The molecule has 0 aliphatic heterocycles. The summed E-state index contributed by atoms with van der Waals surface area (Å²) in [5.74, 6) is 0.524. The lowest BCUT2D eigenvalue weighted by Gasteiger charge is -2.06. The van der Waals surface area contributed by atoms with Crippen LogP contribution in [0.25, 0.3) is 0 Å². The normalized spacial score (nSPS) is 10.7. The average Bonchev–Trinajstić information content (AvgIpc) is 2.65. The van der Waals surface area contributed by atoms with Crippen molar-refractivity contribution in [3.05, 3.63) is 18.2 Å². The van der Waals surface area contributed by atoms with E-state index in [1.54, 1.807) is 6.20 Å². The summed E-state index contributed by atoms with van der Waals surface area (Å²) in [6.45, 7) is 4.72. The Bertz CT molecular complexity index is 250. The molecule has 0 atom stereocenters. The van der Waals surface area contributed by atoms with Crippen molar-refractivity contribution in [2.45, 2.75) is 32.2 Å². The van der Waals surface area contributed by atoms with Gasteiger partial charge in [0.25, 0.3) is 0 Å². The molecule has 4 heteroatoms. The largest absolute Gasteiger partial charge is 0.381 e. The first-order valence-corrected chi connectivity index (χ1v) is 5.54. The van der Waals surface area contributed by atoms with Gasteiger partial charge in [-0.2, -0.15) is 0 Å². The molecule has 0 aromatic carbocycles. The van der Waals surface area contributed by atoms with Crippen LogP contribution in [0, 0.1) is 0 Å². The van der Waals surface area contributed by atoms with Crippen LogP contribution in [0.3, 0.4) is 0 Å². The van der Waals surface area contributed by atoms with Crippen LogP contribution in [0.2, 0.25) is 0 Å². The van der Waals surface area contributed by atoms with Crippen LogP contribution in [-0.4, -0.2) is 22.8 Å². The second-order valence-corrected chi connectivity index (χ2v) is 3.45. The van der Waals surface area contributed by atoms with Gasteiger partial charge in [-0.1, -0.05) is 6.92 Å². The van der Waals surface area contributed by atoms with Crippen molar-refractivity contribution in [2.24, 2.45) is 0 Å². The zero-order chi connectivity index (χ0) is 10.2. The SMILES string of the molecule is CCCOCCCn1cncc1CCl. The Labute approximate surface area is 90.0 Å². The Hall–Kier alpha value is -0.540. The van der Waals surface area contributed by atoms with Crippen LogP contribution in [0.4, 0.5) is 0 Å². The summed E-state index contributed by atoms with van der Waals surface area (Å²) in [6.07, 6.45) is 5.72. The first-order chi connectivity index (χ1) is 6.88. The van der Waals surface area contributed by atoms with E-state index >= 15 is 0 Å². The molecule has 3 nitrogen and oxygen atoms in total. The van der Waals surface area contributed by atoms with Gasteiger partial charge in [0.05, 0.1) is 17.9 Å². The van der Waals surface area contributed by atoms with E-state index in [1.807, 2.05) is 6.33 Å². The van der Waals surface area contributed by atoms with Gasteiger partial charge in [0.15, 0.2) is 0 Å². The number of hydrogen-bond donors (Lipinski definition) is 0. The van der Waals surface area contributed by atoms with Gasteiger partial charge in [0, 0.05) is 26.0 Å². The van der Waals surface area contributed by atoms with E-state index in [2.05, 4.69) is 16.5 Å². The fourth-order valence-corrected chi connectivity index (χ4v) is 1.47. The van der Waals surface area contributed by atoms with Crippen molar-refractivity contribution in [3.8, 4) is 0 Å². The quantitative estimate of drug-likeness (QED) is 0.517. The van der Waals surface area contributed by atoms with Crippen molar-refractivity contribution >= 4 is 11.6 Å². The van der Waals surface area contributed by atoms with Gasteiger partial charge < -0.3 is 9.30 Å². The molecule has 0 spiro atoms. The van der Waals surface area contributed by atoms with Gasteiger partial charge in [-0.15, -0.1) is 11.6 Å². The minimum atomic E-state index is 0.524. The summed E-state index contributed by atoms with van der Waals surface area (Å²) in [5.41, 5.74) is 1.07. The average molecular weight is 217 g/mol. The molecule has 0 radical (unpaired) electrons. The lowest BCUT2D eigenvalue weighted by molar-refractivity contribution is 0.129. The third kappa shape index (κ3) is 3.68. The Morgan fingerprint density at radius 3 is 3.07 bits per heavy atom. The van der Waals surface area contributed by atoms with Crippen molar-refractivity contribution in [1.29, 1.82) is 0 Å². The molecule has 0 N–H and O–H groups in total. The van der Waals surface area contributed by atoms with Gasteiger partial charge >= 0.3 is 0 Å². The maximum atomic E-state index is 5.74. The molecule has 1 rings (SSSR count). The maximum Gasteiger partial charge on any atom is 0.0948 e. The molecule has 1 aromatic rings. The van der Waals surface area contributed by atoms with E-state index in [0.717, 1.165) is 38.3 Å². The zero-order valence-electron chi connectivity index (χ0n) is 8.58. The summed E-state index contributed by atoms with van der Waals surface area (Å²) in [5, 5.41) is 0. The maximum absolute atomic E-state index is 5.74. The molecule has 0 saturated carbocycles. The Balaban J connectivity index is 2.17. The lowest BCUT2D eigenvalue weighted by atomic mass is 10.4. The monoisotopic (exact) mass is 216 g/mol. The highest BCUT2D eigenvalue weighted by atomic mass is 35.5. The van der Waals surface area contributed by atoms with E-state index in [9.17, 15) is 0 Å². The second-order valence-electron chi connectivity index (χ2n) is 3.18. The van der Waals surface area contributed by atoms with Crippen LogP contribution in [-0.2, 0) is 17.2 Å². The molecule has 1 aromatic heterocycles. The molecule has 0 saturated heterocycles. The minimum absolute atomic E-state index is 0.524. The molecular formula is C10H17ClN2O. The molecule has 0 bridgehead atoms. The first kappa shape index (κ1) is 11.5. The summed E-state index contributed by atoms with van der Waals surface area (Å²) < 4.78 is 7.46. The van der Waals surface area contributed by atoms with E-state index in [4.69, 9.17) is 16.3 Å². The predicted octanol–water partition coefficient (Wildman–Crippen LogP) is 2.44. The molecule has 14 heavy (non-hydrogen) atoms. The number of aromatic nitrogens is 2. The topological polar surface area (TPSA) is 27.1 Å². The van der Waals surface area contributed by atoms with E-state index in [0.29, 0.717) is 5.88 Å². The summed E-state index contributed by atoms with van der Waals surface area (Å²) in [4.78, 5) is 4.05. The lowest BCUT2D eigenvalue weighted by Crippen LogP contribution is -2.04. The number of hydrogen-bond acceptors (Lipinski definition) is 2. The molecule has 0 aliphatic rings. The predicted molar refractivity (Wildman–Crippen MR) is 57.5 cm³/mol. The van der Waals surface area contributed by atoms with E-state index in [-0.39, 0.29) is 0 Å². The molecule has 1 heterocycles. The first-order valence-electron chi connectivity index (χ1n) is 5.01. The number of alkyl halides is 1. The Kier molecular flexibility index (Phi) is 5.64. The highest BCUT2D eigenvalue weighted by Crippen LogP contribution is 2.04. The number of nitrogens with zero attached hydrogens (tertiary/aromatic N) is 2. The van der Waals surface area contributed by atoms with E-state index < -0.39 is 0 Å². The molecule has 0 aliphatic carbocycles. The Morgan fingerprint density at radius 2 is 2.36 bits per heavy atom. The van der Waals surface area contributed by atoms with Crippen molar-refractivity contribution in [2.75, 3.05) is 13.2 Å². The Morgan fingerprint density at radius 1 is 1.50 bits per heavy atom. The summed E-state index contributed by atoms with van der Waals surface area (Å²) >= 11 is 5.74.